The number of carbonyl (C=O) groups excluding carboxylic acids is 1. The highest BCUT2D eigenvalue weighted by Gasteiger charge is 2.37. The number of amides is 1. The van der Waals surface area contributed by atoms with Crippen LogP contribution in [0, 0.1) is 6.92 Å². The van der Waals surface area contributed by atoms with Gasteiger partial charge in [0.1, 0.15) is 0 Å². The Bertz CT molecular complexity index is 823. The standard InChI is InChI=1S/C21H32N2O4S/c1-15-7-8-16(21(2,3)4)14-19(15)28(25,26)22-20(24)18-6-5-11-23(18)17-9-12-27-13-10-17/h7-8,14,17-18H,5-6,9-13H2,1-4H3,(H,22,24). The van der Waals surface area contributed by atoms with E-state index in [0.29, 0.717) is 31.2 Å². The number of nitrogens with one attached hydrogen (secondary N) is 1. The van der Waals surface area contributed by atoms with Gasteiger partial charge in [-0.3, -0.25) is 9.69 Å². The van der Waals surface area contributed by atoms with Crippen molar-refractivity contribution >= 4 is 15.9 Å². The predicted molar refractivity (Wildman–Crippen MR) is 109 cm³/mol. The molecule has 2 aliphatic heterocycles. The molecule has 2 aliphatic rings. The third-order valence-corrected chi connectivity index (χ3v) is 7.32. The average molecular weight is 409 g/mol. The van der Waals surface area contributed by atoms with Crippen LogP contribution in [-0.2, 0) is 25.0 Å². The van der Waals surface area contributed by atoms with Crippen molar-refractivity contribution in [2.75, 3.05) is 19.8 Å². The SMILES string of the molecule is Cc1ccc(C(C)(C)C)cc1S(=O)(=O)NC(=O)C1CCCN1C1CCOCC1. The van der Waals surface area contributed by atoms with Crippen LogP contribution in [-0.4, -0.2) is 51.1 Å². The summed E-state index contributed by atoms with van der Waals surface area (Å²) >= 11 is 0. The van der Waals surface area contributed by atoms with Crippen LogP contribution in [0.2, 0.25) is 0 Å². The summed E-state index contributed by atoms with van der Waals surface area (Å²) in [5, 5.41) is 0. The van der Waals surface area contributed by atoms with E-state index in [1.165, 1.54) is 0 Å². The molecule has 0 saturated carbocycles. The van der Waals surface area contributed by atoms with Crippen molar-refractivity contribution in [1.29, 1.82) is 0 Å². The van der Waals surface area contributed by atoms with E-state index in [1.54, 1.807) is 13.0 Å². The minimum Gasteiger partial charge on any atom is -0.381 e. The van der Waals surface area contributed by atoms with Crippen LogP contribution in [0.15, 0.2) is 23.1 Å². The summed E-state index contributed by atoms with van der Waals surface area (Å²) in [6.07, 6.45) is 3.39. The largest absolute Gasteiger partial charge is 0.381 e. The molecule has 0 bridgehead atoms. The molecule has 28 heavy (non-hydrogen) atoms. The molecule has 1 unspecified atom stereocenters. The smallest absolute Gasteiger partial charge is 0.264 e. The highest BCUT2D eigenvalue weighted by atomic mass is 32.2. The van der Waals surface area contributed by atoms with Gasteiger partial charge in [0.2, 0.25) is 0 Å². The van der Waals surface area contributed by atoms with E-state index in [-0.39, 0.29) is 16.4 Å². The number of likely N-dealkylation sites (tertiary alicyclic amines) is 1. The molecule has 2 fully saturated rings. The Kier molecular flexibility index (Phi) is 6.17. The first-order valence-electron chi connectivity index (χ1n) is 10.1. The highest BCUT2D eigenvalue weighted by Crippen LogP contribution is 2.28. The summed E-state index contributed by atoms with van der Waals surface area (Å²) in [6.45, 7) is 10.1. The molecule has 0 aliphatic carbocycles. The Balaban J connectivity index is 1.79. The Morgan fingerprint density at radius 2 is 1.86 bits per heavy atom. The number of carbonyl (C=O) groups is 1. The first-order chi connectivity index (χ1) is 13.1. The predicted octanol–water partition coefficient (Wildman–Crippen LogP) is 2.74. The zero-order valence-electron chi connectivity index (χ0n) is 17.3. The molecule has 1 amide bonds. The van der Waals surface area contributed by atoms with Crippen molar-refractivity contribution in [2.24, 2.45) is 0 Å². The van der Waals surface area contributed by atoms with Crippen LogP contribution in [0.5, 0.6) is 0 Å². The lowest BCUT2D eigenvalue weighted by molar-refractivity contribution is -0.125. The van der Waals surface area contributed by atoms with E-state index in [2.05, 4.69) is 9.62 Å². The normalized spacial score (nSPS) is 22.4. The minimum atomic E-state index is -3.92. The van der Waals surface area contributed by atoms with Gasteiger partial charge >= 0.3 is 0 Å². The second-order valence-electron chi connectivity index (χ2n) is 8.94. The van der Waals surface area contributed by atoms with Gasteiger partial charge in [0.15, 0.2) is 0 Å². The summed E-state index contributed by atoms with van der Waals surface area (Å²) in [5.74, 6) is -0.412. The highest BCUT2D eigenvalue weighted by molar-refractivity contribution is 7.90. The van der Waals surface area contributed by atoms with Gasteiger partial charge in [0.05, 0.1) is 10.9 Å². The van der Waals surface area contributed by atoms with Crippen molar-refractivity contribution in [3.63, 3.8) is 0 Å². The van der Waals surface area contributed by atoms with Gasteiger partial charge in [-0.25, -0.2) is 13.1 Å². The van der Waals surface area contributed by atoms with Crippen LogP contribution in [0.3, 0.4) is 0 Å². The molecule has 3 rings (SSSR count). The second-order valence-corrected chi connectivity index (χ2v) is 10.6. The molecule has 2 saturated heterocycles. The van der Waals surface area contributed by atoms with E-state index >= 15 is 0 Å². The van der Waals surface area contributed by atoms with E-state index in [4.69, 9.17) is 4.74 Å². The molecule has 1 atom stereocenters. The summed E-state index contributed by atoms with van der Waals surface area (Å²) in [5.41, 5.74) is 1.39. The number of nitrogens with zero attached hydrogens (tertiary/aromatic N) is 1. The average Bonchev–Trinajstić information content (AvgIpc) is 3.11. The summed E-state index contributed by atoms with van der Waals surface area (Å²) < 4.78 is 33.8. The maximum absolute atomic E-state index is 13.0. The number of benzene rings is 1. The van der Waals surface area contributed by atoms with Crippen LogP contribution in [0.1, 0.15) is 57.6 Å². The molecule has 2 heterocycles. The van der Waals surface area contributed by atoms with Crippen molar-refractivity contribution < 1.29 is 17.9 Å². The zero-order chi connectivity index (χ0) is 20.5. The van der Waals surface area contributed by atoms with Crippen LogP contribution in [0.25, 0.3) is 0 Å². The molecule has 6 nitrogen and oxygen atoms in total. The summed E-state index contributed by atoms with van der Waals surface area (Å²) in [6, 6.07) is 5.35. The molecule has 1 aromatic rings. The molecule has 7 heteroatoms. The number of ether oxygens (including phenoxy) is 1. The van der Waals surface area contributed by atoms with Gasteiger partial charge in [0, 0.05) is 19.3 Å². The van der Waals surface area contributed by atoms with Crippen molar-refractivity contribution in [2.45, 2.75) is 75.8 Å². The van der Waals surface area contributed by atoms with Gasteiger partial charge < -0.3 is 4.74 Å². The topological polar surface area (TPSA) is 75.7 Å². The molecule has 1 aromatic carbocycles. The first-order valence-corrected chi connectivity index (χ1v) is 11.6. The van der Waals surface area contributed by atoms with Crippen molar-refractivity contribution in [1.82, 2.24) is 9.62 Å². The number of sulfonamides is 1. The molecule has 0 spiro atoms. The third kappa shape index (κ3) is 4.58. The molecule has 156 valence electrons. The van der Waals surface area contributed by atoms with Crippen LogP contribution < -0.4 is 4.72 Å². The number of hydrogen-bond acceptors (Lipinski definition) is 5. The zero-order valence-corrected chi connectivity index (χ0v) is 18.1. The molecule has 0 radical (unpaired) electrons. The van der Waals surface area contributed by atoms with E-state index in [1.807, 2.05) is 32.9 Å². The third-order valence-electron chi connectivity index (χ3n) is 5.84. The first kappa shape index (κ1) is 21.3. The lowest BCUT2D eigenvalue weighted by Gasteiger charge is -2.34. The lowest BCUT2D eigenvalue weighted by atomic mass is 9.87. The van der Waals surface area contributed by atoms with Crippen LogP contribution >= 0.6 is 0 Å². The fourth-order valence-corrected chi connectivity index (χ4v) is 5.42. The van der Waals surface area contributed by atoms with Crippen molar-refractivity contribution in [3.8, 4) is 0 Å². The van der Waals surface area contributed by atoms with Crippen molar-refractivity contribution in [3.05, 3.63) is 29.3 Å². The number of hydrogen-bond donors (Lipinski definition) is 1. The lowest BCUT2D eigenvalue weighted by Crippen LogP contribution is -2.50. The van der Waals surface area contributed by atoms with Crippen LogP contribution in [0.4, 0.5) is 0 Å². The second kappa shape index (κ2) is 8.13. The molecule has 0 aromatic heterocycles. The Morgan fingerprint density at radius 1 is 1.18 bits per heavy atom. The van der Waals surface area contributed by atoms with E-state index < -0.39 is 15.9 Å². The van der Waals surface area contributed by atoms with E-state index in [9.17, 15) is 13.2 Å². The van der Waals surface area contributed by atoms with Gasteiger partial charge in [-0.15, -0.1) is 0 Å². The fourth-order valence-electron chi connectivity index (χ4n) is 4.14. The summed E-state index contributed by atoms with van der Waals surface area (Å²) in [4.78, 5) is 15.3. The molecular formula is C21H32N2O4S. The van der Waals surface area contributed by atoms with Gasteiger partial charge in [-0.2, -0.15) is 0 Å². The monoisotopic (exact) mass is 408 g/mol. The Labute approximate surface area is 168 Å². The maximum atomic E-state index is 13.0. The van der Waals surface area contributed by atoms with Gasteiger partial charge in [0.25, 0.3) is 15.9 Å². The maximum Gasteiger partial charge on any atom is 0.264 e. The minimum absolute atomic E-state index is 0.173. The Hall–Kier alpha value is -1.44. The number of aryl methyl sites for hydroxylation is 1. The molecular weight excluding hydrogens is 376 g/mol. The summed E-state index contributed by atoms with van der Waals surface area (Å²) in [7, 11) is -3.92. The molecule has 1 N–H and O–H groups in total. The Morgan fingerprint density at radius 3 is 2.50 bits per heavy atom. The van der Waals surface area contributed by atoms with Gasteiger partial charge in [-0.1, -0.05) is 32.9 Å². The quantitative estimate of drug-likeness (QED) is 0.829. The van der Waals surface area contributed by atoms with E-state index in [0.717, 1.165) is 31.4 Å². The fraction of sp³-hybridized carbons (Fsp3) is 0.667. The van der Waals surface area contributed by atoms with Gasteiger partial charge in [-0.05, 0) is 61.8 Å². The number of rotatable bonds is 4.